The van der Waals surface area contributed by atoms with Crippen molar-refractivity contribution in [3.63, 3.8) is 0 Å². The fraction of sp³-hybridized carbons (Fsp3) is 0.625. The number of nitrogens with one attached hydrogen (secondary N) is 2. The van der Waals surface area contributed by atoms with Crippen molar-refractivity contribution in [1.29, 1.82) is 0 Å². The van der Waals surface area contributed by atoms with Gasteiger partial charge in [-0.1, -0.05) is 0 Å². The summed E-state index contributed by atoms with van der Waals surface area (Å²) < 4.78 is 5.36. The van der Waals surface area contributed by atoms with Gasteiger partial charge >= 0.3 is 0 Å². The van der Waals surface area contributed by atoms with Crippen LogP contribution in [0, 0.1) is 5.92 Å². The third-order valence-electron chi connectivity index (χ3n) is 4.05. The zero-order valence-corrected chi connectivity index (χ0v) is 15.3. The summed E-state index contributed by atoms with van der Waals surface area (Å²) in [6.45, 7) is 5.14. The van der Waals surface area contributed by atoms with Gasteiger partial charge in [0.2, 0.25) is 5.91 Å². The maximum absolute atomic E-state index is 11.8. The fourth-order valence-electron chi connectivity index (χ4n) is 2.51. The Kier molecular flexibility index (Phi) is 9.36. The predicted molar refractivity (Wildman–Crippen MR) is 99.2 cm³/mol. The molecule has 0 atom stereocenters. The number of morpholine rings is 1. The van der Waals surface area contributed by atoms with Gasteiger partial charge in [0.1, 0.15) is 5.82 Å². The van der Waals surface area contributed by atoms with Crippen LogP contribution in [0.1, 0.15) is 18.4 Å². The van der Waals surface area contributed by atoms with Crippen LogP contribution in [0.25, 0.3) is 0 Å². The number of hydrogen-bond acceptors (Lipinski definition) is 5. The number of aromatic nitrogens is 1. The van der Waals surface area contributed by atoms with Crippen molar-refractivity contribution in [1.82, 2.24) is 15.6 Å². The van der Waals surface area contributed by atoms with Crippen molar-refractivity contribution in [2.45, 2.75) is 19.4 Å². The molecule has 2 fully saturated rings. The molecule has 1 saturated heterocycles. The Morgan fingerprint density at radius 3 is 2.75 bits per heavy atom. The minimum absolute atomic E-state index is 0. The number of pyridine rings is 1. The molecular formula is C16H26Cl2N4O2. The molecule has 1 saturated carbocycles. The van der Waals surface area contributed by atoms with Gasteiger partial charge in [-0.2, -0.15) is 0 Å². The molecule has 2 N–H and O–H groups in total. The van der Waals surface area contributed by atoms with Gasteiger partial charge in [-0.15, -0.1) is 24.8 Å². The van der Waals surface area contributed by atoms with Gasteiger partial charge < -0.3 is 20.3 Å². The lowest BCUT2D eigenvalue weighted by atomic mass is 10.2. The monoisotopic (exact) mass is 376 g/mol. The first kappa shape index (κ1) is 21.0. The van der Waals surface area contributed by atoms with E-state index in [1.54, 1.807) is 6.20 Å². The lowest BCUT2D eigenvalue weighted by molar-refractivity contribution is -0.120. The molecule has 136 valence electrons. The summed E-state index contributed by atoms with van der Waals surface area (Å²) >= 11 is 0. The molecule has 24 heavy (non-hydrogen) atoms. The van der Waals surface area contributed by atoms with Crippen molar-refractivity contribution in [3.05, 3.63) is 23.9 Å². The Morgan fingerprint density at radius 1 is 1.29 bits per heavy atom. The second-order valence-corrected chi connectivity index (χ2v) is 5.97. The Hall–Kier alpha value is -1.08. The molecule has 2 heterocycles. The molecular weight excluding hydrogens is 351 g/mol. The molecule has 8 heteroatoms. The highest BCUT2D eigenvalue weighted by Gasteiger charge is 2.20. The molecule has 0 radical (unpaired) electrons. The first-order valence-corrected chi connectivity index (χ1v) is 8.06. The highest BCUT2D eigenvalue weighted by atomic mass is 35.5. The number of carbonyl (C=O) groups is 1. The third-order valence-corrected chi connectivity index (χ3v) is 4.05. The smallest absolute Gasteiger partial charge is 0.234 e. The standard InChI is InChI=1S/C16H24N4O2.2ClH/c21-16(12-17-10-13-1-2-13)19-11-14-3-4-18-15(9-14)20-5-7-22-8-6-20;;/h3-4,9,13,17H,1-2,5-8,10-12H2,(H,19,21);2*1H. The molecule has 6 nitrogen and oxygen atoms in total. The molecule has 3 rings (SSSR count). The van der Waals surface area contributed by atoms with E-state index in [1.165, 1.54) is 12.8 Å². The second kappa shape index (κ2) is 10.7. The van der Waals surface area contributed by atoms with Gasteiger partial charge in [-0.05, 0) is 43.0 Å². The van der Waals surface area contributed by atoms with E-state index >= 15 is 0 Å². The summed E-state index contributed by atoms with van der Waals surface area (Å²) in [5, 5.41) is 6.15. The average Bonchev–Trinajstić information content (AvgIpc) is 3.38. The Bertz CT molecular complexity index is 509. The number of ether oxygens (including phenoxy) is 1. The molecule has 0 spiro atoms. The van der Waals surface area contributed by atoms with Gasteiger partial charge in [0, 0.05) is 25.8 Å². The van der Waals surface area contributed by atoms with E-state index in [0.29, 0.717) is 13.1 Å². The van der Waals surface area contributed by atoms with Crippen LogP contribution in [-0.4, -0.2) is 50.3 Å². The molecule has 1 aliphatic heterocycles. The van der Waals surface area contributed by atoms with Crippen LogP contribution in [0.3, 0.4) is 0 Å². The molecule has 0 aromatic carbocycles. The Balaban J connectivity index is 0.00000144. The Morgan fingerprint density at radius 2 is 2.04 bits per heavy atom. The van der Waals surface area contributed by atoms with Crippen molar-refractivity contribution < 1.29 is 9.53 Å². The molecule has 1 amide bonds. The number of nitrogens with zero attached hydrogens (tertiary/aromatic N) is 2. The second-order valence-electron chi connectivity index (χ2n) is 5.97. The highest BCUT2D eigenvalue weighted by molar-refractivity contribution is 5.85. The summed E-state index contributed by atoms with van der Waals surface area (Å²) in [5.74, 6) is 1.80. The van der Waals surface area contributed by atoms with Crippen molar-refractivity contribution in [2.24, 2.45) is 5.92 Å². The van der Waals surface area contributed by atoms with Crippen LogP contribution < -0.4 is 15.5 Å². The van der Waals surface area contributed by atoms with E-state index < -0.39 is 0 Å². The summed E-state index contributed by atoms with van der Waals surface area (Å²) in [7, 11) is 0. The molecule has 2 aliphatic rings. The maximum Gasteiger partial charge on any atom is 0.234 e. The van der Waals surface area contributed by atoms with Gasteiger partial charge in [-0.3, -0.25) is 4.79 Å². The Labute approximate surface area is 155 Å². The van der Waals surface area contributed by atoms with Crippen LogP contribution >= 0.6 is 24.8 Å². The van der Waals surface area contributed by atoms with Gasteiger partial charge in [0.05, 0.1) is 19.8 Å². The predicted octanol–water partition coefficient (Wildman–Crippen LogP) is 1.38. The number of anilines is 1. The molecule has 0 unspecified atom stereocenters. The van der Waals surface area contributed by atoms with Crippen LogP contribution in [0.2, 0.25) is 0 Å². The molecule has 0 bridgehead atoms. The fourth-order valence-corrected chi connectivity index (χ4v) is 2.51. The van der Waals surface area contributed by atoms with Gasteiger partial charge in [-0.25, -0.2) is 4.98 Å². The number of hydrogen-bond donors (Lipinski definition) is 2. The lowest BCUT2D eigenvalue weighted by Crippen LogP contribution is -2.37. The average molecular weight is 377 g/mol. The normalized spacial score (nSPS) is 16.8. The van der Waals surface area contributed by atoms with Crippen LogP contribution in [0.5, 0.6) is 0 Å². The number of rotatable bonds is 7. The third kappa shape index (κ3) is 6.81. The lowest BCUT2D eigenvalue weighted by Gasteiger charge is -2.28. The maximum atomic E-state index is 11.8. The SMILES string of the molecule is Cl.Cl.O=C(CNCC1CC1)NCc1ccnc(N2CCOCC2)c1. The van der Waals surface area contributed by atoms with E-state index in [1.807, 2.05) is 12.1 Å². The summed E-state index contributed by atoms with van der Waals surface area (Å²) in [5.41, 5.74) is 1.08. The molecule has 1 aromatic heterocycles. The quantitative estimate of drug-likeness (QED) is 0.752. The number of amides is 1. The highest BCUT2D eigenvalue weighted by Crippen LogP contribution is 2.27. The largest absolute Gasteiger partial charge is 0.378 e. The summed E-state index contributed by atoms with van der Waals surface area (Å²) in [4.78, 5) is 18.4. The minimum atomic E-state index is 0. The van der Waals surface area contributed by atoms with Gasteiger partial charge in [0.25, 0.3) is 0 Å². The summed E-state index contributed by atoms with van der Waals surface area (Å²) in [6, 6.07) is 3.99. The molecule has 1 aromatic rings. The summed E-state index contributed by atoms with van der Waals surface area (Å²) in [6.07, 6.45) is 4.41. The van der Waals surface area contributed by atoms with E-state index in [4.69, 9.17) is 4.74 Å². The van der Waals surface area contributed by atoms with Crippen molar-refractivity contribution in [2.75, 3.05) is 44.3 Å². The van der Waals surface area contributed by atoms with Crippen LogP contribution in [0.15, 0.2) is 18.3 Å². The topological polar surface area (TPSA) is 66.5 Å². The van der Waals surface area contributed by atoms with E-state index in [-0.39, 0.29) is 30.7 Å². The van der Waals surface area contributed by atoms with Crippen LogP contribution in [-0.2, 0) is 16.1 Å². The van der Waals surface area contributed by atoms with Gasteiger partial charge in [0.15, 0.2) is 0 Å². The van der Waals surface area contributed by atoms with E-state index in [2.05, 4.69) is 20.5 Å². The molecule has 1 aliphatic carbocycles. The van der Waals surface area contributed by atoms with E-state index in [0.717, 1.165) is 50.1 Å². The first-order valence-electron chi connectivity index (χ1n) is 8.06. The van der Waals surface area contributed by atoms with Crippen molar-refractivity contribution >= 4 is 36.5 Å². The number of halogens is 2. The number of carbonyl (C=O) groups excluding carboxylic acids is 1. The van der Waals surface area contributed by atoms with Crippen LogP contribution in [0.4, 0.5) is 5.82 Å². The van der Waals surface area contributed by atoms with E-state index in [9.17, 15) is 4.79 Å². The first-order chi connectivity index (χ1) is 10.8. The zero-order chi connectivity index (χ0) is 15.2. The van der Waals surface area contributed by atoms with Crippen molar-refractivity contribution in [3.8, 4) is 0 Å². The zero-order valence-electron chi connectivity index (χ0n) is 13.7. The minimum Gasteiger partial charge on any atom is -0.378 e.